The molecule has 0 radical (unpaired) electrons. The summed E-state index contributed by atoms with van der Waals surface area (Å²) in [5.74, 6) is 0.134. The Balaban J connectivity index is 1.57. The Bertz CT molecular complexity index is 547. The SMILES string of the molecule is CC(O)CN1CCN(C(=O)c2cccc(CN3CCCC3)c2)CC1. The number of nitrogens with zero attached hydrogens (tertiary/aromatic N) is 3. The Morgan fingerprint density at radius 1 is 1.08 bits per heavy atom. The van der Waals surface area contributed by atoms with Gasteiger partial charge in [0.05, 0.1) is 6.10 Å². The maximum atomic E-state index is 12.8. The molecule has 2 aliphatic rings. The van der Waals surface area contributed by atoms with Crippen LogP contribution in [0.5, 0.6) is 0 Å². The van der Waals surface area contributed by atoms with Crippen molar-refractivity contribution in [1.82, 2.24) is 14.7 Å². The summed E-state index contributed by atoms with van der Waals surface area (Å²) in [5, 5.41) is 9.48. The summed E-state index contributed by atoms with van der Waals surface area (Å²) in [7, 11) is 0. The van der Waals surface area contributed by atoms with Crippen molar-refractivity contribution < 1.29 is 9.90 Å². The van der Waals surface area contributed by atoms with Gasteiger partial charge in [0, 0.05) is 44.8 Å². The zero-order chi connectivity index (χ0) is 16.9. The van der Waals surface area contributed by atoms with Crippen molar-refractivity contribution in [2.75, 3.05) is 45.8 Å². The molecule has 1 unspecified atom stereocenters. The Morgan fingerprint density at radius 2 is 1.79 bits per heavy atom. The lowest BCUT2D eigenvalue weighted by Crippen LogP contribution is -2.50. The molecule has 1 N–H and O–H groups in total. The van der Waals surface area contributed by atoms with E-state index in [-0.39, 0.29) is 12.0 Å². The van der Waals surface area contributed by atoms with E-state index in [9.17, 15) is 9.90 Å². The van der Waals surface area contributed by atoms with Crippen LogP contribution in [0.25, 0.3) is 0 Å². The van der Waals surface area contributed by atoms with Crippen LogP contribution < -0.4 is 0 Å². The van der Waals surface area contributed by atoms with Crippen molar-refractivity contribution >= 4 is 5.91 Å². The lowest BCUT2D eigenvalue weighted by atomic mass is 10.1. The fraction of sp³-hybridized carbons (Fsp3) is 0.632. The Labute approximate surface area is 144 Å². The molecule has 5 heteroatoms. The minimum absolute atomic E-state index is 0.134. The van der Waals surface area contributed by atoms with E-state index in [1.54, 1.807) is 0 Å². The zero-order valence-electron chi connectivity index (χ0n) is 14.7. The van der Waals surface area contributed by atoms with Gasteiger partial charge in [0.2, 0.25) is 0 Å². The standard InChI is InChI=1S/C19H29N3O2/c1-16(23)14-21-9-11-22(12-10-21)19(24)18-6-4-5-17(13-18)15-20-7-2-3-8-20/h4-6,13,16,23H,2-3,7-12,14-15H2,1H3. The van der Waals surface area contributed by atoms with Crippen LogP contribution in [-0.4, -0.2) is 77.6 Å². The molecular formula is C19H29N3O2. The van der Waals surface area contributed by atoms with Crippen molar-refractivity contribution in [1.29, 1.82) is 0 Å². The predicted molar refractivity (Wildman–Crippen MR) is 95.0 cm³/mol. The van der Waals surface area contributed by atoms with Gasteiger partial charge in [-0.2, -0.15) is 0 Å². The minimum Gasteiger partial charge on any atom is -0.392 e. The van der Waals surface area contributed by atoms with E-state index in [1.165, 1.54) is 31.5 Å². The first kappa shape index (κ1) is 17.4. The molecule has 2 saturated heterocycles. The van der Waals surface area contributed by atoms with Crippen molar-refractivity contribution in [2.24, 2.45) is 0 Å². The maximum absolute atomic E-state index is 12.8. The highest BCUT2D eigenvalue weighted by molar-refractivity contribution is 5.94. The number of likely N-dealkylation sites (tertiary alicyclic amines) is 1. The van der Waals surface area contributed by atoms with Crippen LogP contribution in [0.2, 0.25) is 0 Å². The van der Waals surface area contributed by atoms with Crippen molar-refractivity contribution in [3.63, 3.8) is 0 Å². The molecule has 2 aliphatic heterocycles. The lowest BCUT2D eigenvalue weighted by molar-refractivity contribution is 0.0554. The van der Waals surface area contributed by atoms with Gasteiger partial charge in [-0.1, -0.05) is 12.1 Å². The molecule has 2 fully saturated rings. The van der Waals surface area contributed by atoms with Crippen LogP contribution in [0.3, 0.4) is 0 Å². The van der Waals surface area contributed by atoms with Crippen molar-refractivity contribution in [2.45, 2.75) is 32.4 Å². The van der Waals surface area contributed by atoms with Gasteiger partial charge in [-0.05, 0) is 50.6 Å². The van der Waals surface area contributed by atoms with Crippen LogP contribution in [0.4, 0.5) is 0 Å². The lowest BCUT2D eigenvalue weighted by Gasteiger charge is -2.35. The van der Waals surface area contributed by atoms with E-state index in [2.05, 4.69) is 21.9 Å². The number of benzene rings is 1. The molecule has 1 atom stereocenters. The largest absolute Gasteiger partial charge is 0.392 e. The zero-order valence-corrected chi connectivity index (χ0v) is 14.7. The molecule has 1 aromatic rings. The number of carbonyl (C=O) groups is 1. The Morgan fingerprint density at radius 3 is 2.46 bits per heavy atom. The average molecular weight is 331 g/mol. The van der Waals surface area contributed by atoms with Gasteiger partial charge in [0.15, 0.2) is 0 Å². The second kappa shape index (κ2) is 8.10. The summed E-state index contributed by atoms with van der Waals surface area (Å²) in [6, 6.07) is 8.11. The normalized spacial score (nSPS) is 21.2. The predicted octanol–water partition coefficient (Wildman–Crippen LogP) is 1.42. The van der Waals surface area contributed by atoms with E-state index < -0.39 is 0 Å². The number of β-amino-alcohol motifs (C(OH)–C–C–N with tert-alkyl or cyclic N) is 1. The molecule has 0 aliphatic carbocycles. The quantitative estimate of drug-likeness (QED) is 0.886. The number of carbonyl (C=O) groups excluding carboxylic acids is 1. The number of amides is 1. The summed E-state index contributed by atoms with van der Waals surface area (Å²) >= 11 is 0. The van der Waals surface area contributed by atoms with E-state index in [0.717, 1.165) is 38.3 Å². The third-order valence-electron chi connectivity index (χ3n) is 4.96. The van der Waals surface area contributed by atoms with Gasteiger partial charge >= 0.3 is 0 Å². The van der Waals surface area contributed by atoms with Crippen LogP contribution >= 0.6 is 0 Å². The third-order valence-corrected chi connectivity index (χ3v) is 4.96. The smallest absolute Gasteiger partial charge is 0.253 e. The first-order chi connectivity index (χ1) is 11.6. The highest BCUT2D eigenvalue weighted by Crippen LogP contribution is 2.15. The molecule has 0 bridgehead atoms. The molecule has 0 aromatic heterocycles. The number of hydrogen-bond acceptors (Lipinski definition) is 4. The van der Waals surface area contributed by atoms with E-state index in [1.807, 2.05) is 24.0 Å². The molecule has 24 heavy (non-hydrogen) atoms. The molecule has 0 saturated carbocycles. The third kappa shape index (κ3) is 4.56. The second-order valence-corrected chi connectivity index (χ2v) is 7.13. The Hall–Kier alpha value is -1.43. The number of piperazine rings is 1. The maximum Gasteiger partial charge on any atom is 0.253 e. The Kier molecular flexibility index (Phi) is 5.87. The van der Waals surface area contributed by atoms with Crippen LogP contribution in [0, 0.1) is 0 Å². The molecule has 2 heterocycles. The molecule has 132 valence electrons. The van der Waals surface area contributed by atoms with E-state index >= 15 is 0 Å². The van der Waals surface area contributed by atoms with Crippen LogP contribution in [-0.2, 0) is 6.54 Å². The van der Waals surface area contributed by atoms with Gasteiger partial charge in [0.25, 0.3) is 5.91 Å². The summed E-state index contributed by atoms with van der Waals surface area (Å²) < 4.78 is 0. The molecule has 1 amide bonds. The van der Waals surface area contributed by atoms with Gasteiger partial charge < -0.3 is 10.0 Å². The molecule has 0 spiro atoms. The topological polar surface area (TPSA) is 47.0 Å². The average Bonchev–Trinajstić information content (AvgIpc) is 3.07. The second-order valence-electron chi connectivity index (χ2n) is 7.13. The minimum atomic E-state index is -0.311. The number of aliphatic hydroxyl groups is 1. The summed E-state index contributed by atoms with van der Waals surface area (Å²) in [4.78, 5) is 19.4. The van der Waals surface area contributed by atoms with Crippen molar-refractivity contribution in [3.8, 4) is 0 Å². The molecule has 5 nitrogen and oxygen atoms in total. The number of rotatable bonds is 5. The van der Waals surface area contributed by atoms with E-state index in [0.29, 0.717) is 6.54 Å². The fourth-order valence-corrected chi connectivity index (χ4v) is 3.69. The number of aliphatic hydroxyl groups excluding tert-OH is 1. The number of hydrogen-bond donors (Lipinski definition) is 1. The van der Waals surface area contributed by atoms with Gasteiger partial charge in [-0.3, -0.25) is 14.6 Å². The molecular weight excluding hydrogens is 302 g/mol. The van der Waals surface area contributed by atoms with Crippen LogP contribution in [0.1, 0.15) is 35.7 Å². The van der Waals surface area contributed by atoms with Gasteiger partial charge in [0.1, 0.15) is 0 Å². The summed E-state index contributed by atoms with van der Waals surface area (Å²) in [5.41, 5.74) is 2.03. The summed E-state index contributed by atoms with van der Waals surface area (Å²) in [6.45, 7) is 8.94. The monoisotopic (exact) mass is 331 g/mol. The van der Waals surface area contributed by atoms with Crippen molar-refractivity contribution in [3.05, 3.63) is 35.4 Å². The highest BCUT2D eigenvalue weighted by atomic mass is 16.3. The van der Waals surface area contributed by atoms with Crippen LogP contribution in [0.15, 0.2) is 24.3 Å². The highest BCUT2D eigenvalue weighted by Gasteiger charge is 2.23. The van der Waals surface area contributed by atoms with Gasteiger partial charge in [-0.15, -0.1) is 0 Å². The molecule has 3 rings (SSSR count). The fourth-order valence-electron chi connectivity index (χ4n) is 3.69. The van der Waals surface area contributed by atoms with E-state index in [4.69, 9.17) is 0 Å². The molecule has 1 aromatic carbocycles. The first-order valence-corrected chi connectivity index (χ1v) is 9.13. The van der Waals surface area contributed by atoms with Gasteiger partial charge in [-0.25, -0.2) is 0 Å². The first-order valence-electron chi connectivity index (χ1n) is 9.13. The summed E-state index contributed by atoms with van der Waals surface area (Å²) in [6.07, 6.45) is 2.26.